The molecule has 2 aromatic rings. The van der Waals surface area contributed by atoms with Crippen molar-refractivity contribution in [3.05, 3.63) is 58.1 Å². The fourth-order valence-corrected chi connectivity index (χ4v) is 2.21. The number of carbonyl (C=O) groups excluding carboxylic acids is 1. The van der Waals surface area contributed by atoms with E-state index in [0.29, 0.717) is 27.6 Å². The Balaban J connectivity index is 2.49. The van der Waals surface area contributed by atoms with Gasteiger partial charge in [-0.3, -0.25) is 4.79 Å². The molecule has 0 aliphatic carbocycles. The summed E-state index contributed by atoms with van der Waals surface area (Å²) in [5.41, 5.74) is 2.02. The molecule has 0 aromatic heterocycles. The van der Waals surface area contributed by atoms with E-state index in [1.165, 1.54) is 14.2 Å². The minimum atomic E-state index is -0.139. The van der Waals surface area contributed by atoms with Gasteiger partial charge in [0.25, 0.3) is 0 Å². The van der Waals surface area contributed by atoms with E-state index in [-0.39, 0.29) is 5.78 Å². The number of methoxy groups -OCH3 is 2. The molecule has 0 bridgehead atoms. The molecule has 0 heterocycles. The summed E-state index contributed by atoms with van der Waals surface area (Å²) in [4.78, 5) is 12.5. The zero-order valence-electron chi connectivity index (χ0n) is 11.6. The molecule has 0 aliphatic heterocycles. The molecule has 0 atom stereocenters. The molecular weight excluding hydrogens is 276 g/mol. The highest BCUT2D eigenvalue weighted by Crippen LogP contribution is 2.34. The number of ether oxygens (including phenoxy) is 2. The van der Waals surface area contributed by atoms with Crippen molar-refractivity contribution in [2.24, 2.45) is 0 Å². The first-order valence-corrected chi connectivity index (χ1v) is 6.47. The zero-order chi connectivity index (χ0) is 14.7. The summed E-state index contributed by atoms with van der Waals surface area (Å²) in [5.74, 6) is 0.839. The molecule has 0 saturated carbocycles. The summed E-state index contributed by atoms with van der Waals surface area (Å²) in [5, 5.41) is 0.342. The van der Waals surface area contributed by atoms with Crippen molar-refractivity contribution < 1.29 is 14.3 Å². The highest BCUT2D eigenvalue weighted by Gasteiger charge is 2.17. The third kappa shape index (κ3) is 2.78. The van der Waals surface area contributed by atoms with Gasteiger partial charge < -0.3 is 9.47 Å². The van der Waals surface area contributed by atoms with Gasteiger partial charge in [-0.2, -0.15) is 0 Å². The van der Waals surface area contributed by atoms with Crippen molar-refractivity contribution in [3.63, 3.8) is 0 Å². The lowest BCUT2D eigenvalue weighted by molar-refractivity contribution is 0.103. The molecule has 0 amide bonds. The van der Waals surface area contributed by atoms with E-state index in [1.54, 1.807) is 18.2 Å². The lowest BCUT2D eigenvalue weighted by Gasteiger charge is -2.11. The molecule has 0 fully saturated rings. The normalized spacial score (nSPS) is 10.2. The van der Waals surface area contributed by atoms with Crippen LogP contribution in [0.25, 0.3) is 0 Å². The highest BCUT2D eigenvalue weighted by molar-refractivity contribution is 6.35. The van der Waals surface area contributed by atoms with E-state index >= 15 is 0 Å². The minimum Gasteiger partial charge on any atom is -0.493 e. The van der Waals surface area contributed by atoms with Crippen molar-refractivity contribution in [1.82, 2.24) is 0 Å². The number of carbonyl (C=O) groups is 1. The predicted octanol–water partition coefficient (Wildman–Crippen LogP) is 3.90. The van der Waals surface area contributed by atoms with Crippen LogP contribution in [0.15, 0.2) is 36.4 Å². The number of hydrogen-bond donors (Lipinski definition) is 0. The maximum atomic E-state index is 12.5. The molecule has 20 heavy (non-hydrogen) atoms. The summed E-state index contributed by atoms with van der Waals surface area (Å²) >= 11 is 6.17. The van der Waals surface area contributed by atoms with Gasteiger partial charge in [-0.25, -0.2) is 0 Å². The quantitative estimate of drug-likeness (QED) is 0.801. The second-order valence-electron chi connectivity index (χ2n) is 4.39. The van der Waals surface area contributed by atoms with Crippen molar-refractivity contribution in [1.29, 1.82) is 0 Å². The molecule has 2 rings (SSSR count). The van der Waals surface area contributed by atoms with E-state index < -0.39 is 0 Å². The Bertz CT molecular complexity index is 650. The molecule has 0 N–H and O–H groups in total. The molecule has 0 unspecified atom stereocenters. The van der Waals surface area contributed by atoms with Crippen molar-refractivity contribution >= 4 is 17.4 Å². The highest BCUT2D eigenvalue weighted by atomic mass is 35.5. The molecule has 0 radical (unpaired) electrons. The maximum absolute atomic E-state index is 12.5. The van der Waals surface area contributed by atoms with Gasteiger partial charge in [0.05, 0.1) is 19.2 Å². The smallest absolute Gasteiger partial charge is 0.194 e. The zero-order valence-corrected chi connectivity index (χ0v) is 12.3. The van der Waals surface area contributed by atoms with Crippen LogP contribution < -0.4 is 9.47 Å². The lowest BCUT2D eigenvalue weighted by atomic mass is 10.0. The molecule has 3 nitrogen and oxygen atoms in total. The Morgan fingerprint density at radius 3 is 2.30 bits per heavy atom. The number of ketones is 1. The maximum Gasteiger partial charge on any atom is 0.194 e. The monoisotopic (exact) mass is 290 g/mol. The third-order valence-electron chi connectivity index (χ3n) is 3.00. The molecule has 104 valence electrons. The number of aryl methyl sites for hydroxylation is 1. The van der Waals surface area contributed by atoms with Crippen LogP contribution in [-0.4, -0.2) is 20.0 Å². The number of rotatable bonds is 4. The van der Waals surface area contributed by atoms with Gasteiger partial charge in [-0.05, 0) is 19.1 Å². The summed E-state index contributed by atoms with van der Waals surface area (Å²) < 4.78 is 10.4. The number of halogens is 1. The van der Waals surface area contributed by atoms with Crippen molar-refractivity contribution in [3.8, 4) is 11.5 Å². The average Bonchev–Trinajstić information content (AvgIpc) is 2.46. The molecule has 0 aliphatic rings. The lowest BCUT2D eigenvalue weighted by Crippen LogP contribution is -2.04. The number of hydrogen-bond acceptors (Lipinski definition) is 3. The summed E-state index contributed by atoms with van der Waals surface area (Å²) in [7, 11) is 3.04. The van der Waals surface area contributed by atoms with E-state index in [4.69, 9.17) is 21.1 Å². The van der Waals surface area contributed by atoms with Crippen LogP contribution >= 0.6 is 11.6 Å². The largest absolute Gasteiger partial charge is 0.493 e. The molecular formula is C16H15ClO3. The second kappa shape index (κ2) is 5.97. The van der Waals surface area contributed by atoms with Gasteiger partial charge in [0.1, 0.15) is 0 Å². The first-order valence-electron chi connectivity index (χ1n) is 6.09. The SMILES string of the molecule is COc1cc(Cl)c(C(=O)c2cccc(C)c2)cc1OC. The van der Waals surface area contributed by atoms with Crippen LogP contribution in [-0.2, 0) is 0 Å². The van der Waals surface area contributed by atoms with Crippen molar-refractivity contribution in [2.45, 2.75) is 6.92 Å². The summed E-state index contributed by atoms with van der Waals surface area (Å²) in [6.07, 6.45) is 0. The fraction of sp³-hybridized carbons (Fsp3) is 0.188. The third-order valence-corrected chi connectivity index (χ3v) is 3.31. The van der Waals surface area contributed by atoms with E-state index in [0.717, 1.165) is 5.56 Å². The van der Waals surface area contributed by atoms with Crippen LogP contribution in [0.2, 0.25) is 5.02 Å². The predicted molar refractivity (Wildman–Crippen MR) is 79.2 cm³/mol. The van der Waals surface area contributed by atoms with Crippen LogP contribution in [0.5, 0.6) is 11.5 Å². The van der Waals surface area contributed by atoms with Gasteiger partial charge in [0, 0.05) is 17.2 Å². The average molecular weight is 291 g/mol. The van der Waals surface area contributed by atoms with Crippen LogP contribution in [0, 0.1) is 6.92 Å². The topological polar surface area (TPSA) is 35.5 Å². The molecule has 2 aromatic carbocycles. The second-order valence-corrected chi connectivity index (χ2v) is 4.79. The van der Waals surface area contributed by atoms with E-state index in [1.807, 2.05) is 25.1 Å². The van der Waals surface area contributed by atoms with Crippen LogP contribution in [0.1, 0.15) is 21.5 Å². The minimum absolute atomic E-state index is 0.139. The Morgan fingerprint density at radius 2 is 1.70 bits per heavy atom. The Kier molecular flexibility index (Phi) is 4.30. The van der Waals surface area contributed by atoms with Gasteiger partial charge in [0.2, 0.25) is 0 Å². The molecule has 0 saturated heterocycles. The Labute approximate surface area is 123 Å². The van der Waals surface area contributed by atoms with Crippen LogP contribution in [0.4, 0.5) is 0 Å². The summed E-state index contributed by atoms with van der Waals surface area (Å²) in [6, 6.07) is 10.6. The van der Waals surface area contributed by atoms with Gasteiger partial charge in [0.15, 0.2) is 17.3 Å². The number of benzene rings is 2. The van der Waals surface area contributed by atoms with Gasteiger partial charge in [-0.15, -0.1) is 0 Å². The Hall–Kier alpha value is -2.00. The van der Waals surface area contributed by atoms with Crippen molar-refractivity contribution in [2.75, 3.05) is 14.2 Å². The van der Waals surface area contributed by atoms with Crippen LogP contribution in [0.3, 0.4) is 0 Å². The van der Waals surface area contributed by atoms with E-state index in [2.05, 4.69) is 0 Å². The van der Waals surface area contributed by atoms with Gasteiger partial charge >= 0.3 is 0 Å². The van der Waals surface area contributed by atoms with E-state index in [9.17, 15) is 4.79 Å². The first kappa shape index (κ1) is 14.4. The van der Waals surface area contributed by atoms with Gasteiger partial charge in [-0.1, -0.05) is 35.4 Å². The summed E-state index contributed by atoms with van der Waals surface area (Å²) in [6.45, 7) is 1.94. The Morgan fingerprint density at radius 1 is 1.05 bits per heavy atom. The first-order chi connectivity index (χ1) is 9.56. The standard InChI is InChI=1S/C16H15ClO3/c1-10-5-4-6-11(7-10)16(18)12-8-14(19-2)15(20-3)9-13(12)17/h4-9H,1-3H3. The fourth-order valence-electron chi connectivity index (χ4n) is 1.97. The molecule has 4 heteroatoms. The molecule has 0 spiro atoms.